The van der Waals surface area contributed by atoms with E-state index in [1.54, 1.807) is 0 Å². The summed E-state index contributed by atoms with van der Waals surface area (Å²) in [6.45, 7) is 5.58. The van der Waals surface area contributed by atoms with Gasteiger partial charge in [-0.2, -0.15) is 0 Å². The molecular weight excluding hydrogens is 242 g/mol. The lowest BCUT2D eigenvalue weighted by Crippen LogP contribution is -2.23. The molecule has 2 aromatic carbocycles. The molecule has 0 heterocycles. The van der Waals surface area contributed by atoms with Gasteiger partial charge in [-0.15, -0.1) is 0 Å². The van der Waals surface area contributed by atoms with Gasteiger partial charge in [-0.1, -0.05) is 69.2 Å². The van der Waals surface area contributed by atoms with Gasteiger partial charge in [0.05, 0.1) is 0 Å². The third-order valence-corrected chi connectivity index (χ3v) is 3.81. The van der Waals surface area contributed by atoms with Crippen LogP contribution in [0.25, 0.3) is 10.8 Å². The first-order chi connectivity index (χ1) is 9.77. The van der Waals surface area contributed by atoms with Crippen LogP contribution < -0.4 is 5.32 Å². The molecule has 20 heavy (non-hydrogen) atoms. The largest absolute Gasteiger partial charge is 0.315 e. The number of aryl methyl sites for hydroxylation is 1. The van der Waals surface area contributed by atoms with Crippen LogP contribution in [0.15, 0.2) is 42.5 Å². The Bertz CT molecular complexity index is 511. The van der Waals surface area contributed by atoms with Gasteiger partial charge in [-0.3, -0.25) is 0 Å². The lowest BCUT2D eigenvalue weighted by Gasteiger charge is -2.08. The highest BCUT2D eigenvalue weighted by molar-refractivity contribution is 5.85. The van der Waals surface area contributed by atoms with Crippen LogP contribution in [0.1, 0.15) is 45.1 Å². The third-order valence-electron chi connectivity index (χ3n) is 3.81. The minimum absolute atomic E-state index is 0.616. The molecule has 0 saturated carbocycles. The molecule has 0 aromatic heterocycles. The van der Waals surface area contributed by atoms with Crippen molar-refractivity contribution in [3.63, 3.8) is 0 Å². The van der Waals surface area contributed by atoms with Crippen molar-refractivity contribution in [2.75, 3.05) is 6.54 Å². The van der Waals surface area contributed by atoms with E-state index in [1.165, 1.54) is 48.4 Å². The predicted molar refractivity (Wildman–Crippen MR) is 89.3 cm³/mol. The van der Waals surface area contributed by atoms with Gasteiger partial charge in [0.15, 0.2) is 0 Å². The van der Waals surface area contributed by atoms with Crippen molar-refractivity contribution in [1.29, 1.82) is 0 Å². The number of hydrogen-bond acceptors (Lipinski definition) is 1. The summed E-state index contributed by atoms with van der Waals surface area (Å²) in [4.78, 5) is 0. The fraction of sp³-hybridized carbons (Fsp3) is 0.474. The van der Waals surface area contributed by atoms with Crippen molar-refractivity contribution in [3.05, 3.63) is 48.0 Å². The molecule has 0 saturated heterocycles. The van der Waals surface area contributed by atoms with Gasteiger partial charge >= 0.3 is 0 Å². The highest BCUT2D eigenvalue weighted by atomic mass is 14.9. The first-order valence-electron chi connectivity index (χ1n) is 7.97. The number of rotatable bonds is 8. The molecule has 1 heteroatoms. The molecule has 0 amide bonds. The molecule has 1 nitrogen and oxygen atoms in total. The van der Waals surface area contributed by atoms with Gasteiger partial charge in [0, 0.05) is 6.04 Å². The van der Waals surface area contributed by atoms with E-state index in [2.05, 4.69) is 61.6 Å². The SMILES string of the molecule is CC(C)NCCCCCCc1cccc2ccccc12. The standard InChI is InChI=1S/C19H27N/c1-16(2)20-15-8-4-3-5-10-17-12-9-13-18-11-6-7-14-19(17)18/h6-7,9,11-14,16,20H,3-5,8,10,15H2,1-2H3. The van der Waals surface area contributed by atoms with Crippen LogP contribution in [0, 0.1) is 0 Å². The van der Waals surface area contributed by atoms with Crippen molar-refractivity contribution in [2.45, 2.75) is 52.0 Å². The van der Waals surface area contributed by atoms with E-state index < -0.39 is 0 Å². The van der Waals surface area contributed by atoms with Gasteiger partial charge in [-0.05, 0) is 42.1 Å². The highest BCUT2D eigenvalue weighted by Gasteiger charge is 2.00. The fourth-order valence-corrected chi connectivity index (χ4v) is 2.70. The average Bonchev–Trinajstić information content (AvgIpc) is 2.46. The van der Waals surface area contributed by atoms with E-state index in [4.69, 9.17) is 0 Å². The predicted octanol–water partition coefficient (Wildman–Crippen LogP) is 4.94. The first-order valence-corrected chi connectivity index (χ1v) is 7.97. The van der Waals surface area contributed by atoms with E-state index in [1.807, 2.05) is 0 Å². The summed E-state index contributed by atoms with van der Waals surface area (Å²) >= 11 is 0. The monoisotopic (exact) mass is 269 g/mol. The van der Waals surface area contributed by atoms with Crippen molar-refractivity contribution in [3.8, 4) is 0 Å². The van der Waals surface area contributed by atoms with Gasteiger partial charge in [0.1, 0.15) is 0 Å². The molecule has 1 N–H and O–H groups in total. The Kier molecular flexibility index (Phi) is 6.07. The van der Waals surface area contributed by atoms with Crippen LogP contribution in [0.4, 0.5) is 0 Å². The third kappa shape index (κ3) is 4.64. The molecule has 0 atom stereocenters. The quantitative estimate of drug-likeness (QED) is 0.669. The number of unbranched alkanes of at least 4 members (excludes halogenated alkanes) is 3. The molecule has 0 aliphatic rings. The Morgan fingerprint density at radius 1 is 0.850 bits per heavy atom. The normalized spacial score (nSPS) is 11.3. The summed E-state index contributed by atoms with van der Waals surface area (Å²) in [5.41, 5.74) is 1.50. The maximum atomic E-state index is 3.48. The Balaban J connectivity index is 1.73. The summed E-state index contributed by atoms with van der Waals surface area (Å²) in [5, 5.41) is 6.27. The van der Waals surface area contributed by atoms with Crippen molar-refractivity contribution >= 4 is 10.8 Å². The van der Waals surface area contributed by atoms with Crippen LogP contribution in [0.3, 0.4) is 0 Å². The van der Waals surface area contributed by atoms with Crippen molar-refractivity contribution in [2.24, 2.45) is 0 Å². The molecule has 0 spiro atoms. The Morgan fingerprint density at radius 2 is 1.60 bits per heavy atom. The molecule has 0 bridgehead atoms. The number of hydrogen-bond donors (Lipinski definition) is 1. The lowest BCUT2D eigenvalue weighted by molar-refractivity contribution is 0.542. The molecule has 2 rings (SSSR count). The van der Waals surface area contributed by atoms with Crippen LogP contribution in [0.5, 0.6) is 0 Å². The van der Waals surface area contributed by atoms with Gasteiger partial charge in [0.25, 0.3) is 0 Å². The molecular formula is C19H27N. The summed E-state index contributed by atoms with van der Waals surface area (Å²) < 4.78 is 0. The van der Waals surface area contributed by atoms with Gasteiger partial charge < -0.3 is 5.32 Å². The molecule has 108 valence electrons. The summed E-state index contributed by atoms with van der Waals surface area (Å²) in [6, 6.07) is 16.0. The van der Waals surface area contributed by atoms with Crippen LogP contribution in [-0.2, 0) is 6.42 Å². The van der Waals surface area contributed by atoms with E-state index in [0.717, 1.165) is 6.54 Å². The van der Waals surface area contributed by atoms with E-state index in [0.29, 0.717) is 6.04 Å². The minimum atomic E-state index is 0.616. The van der Waals surface area contributed by atoms with Crippen molar-refractivity contribution in [1.82, 2.24) is 5.32 Å². The summed E-state index contributed by atoms with van der Waals surface area (Å²) in [7, 11) is 0. The molecule has 0 radical (unpaired) electrons. The second kappa shape index (κ2) is 8.06. The minimum Gasteiger partial charge on any atom is -0.315 e. The molecule has 2 aromatic rings. The van der Waals surface area contributed by atoms with Crippen LogP contribution >= 0.6 is 0 Å². The Labute approximate surface area is 123 Å². The summed E-state index contributed by atoms with van der Waals surface area (Å²) in [6.07, 6.45) is 6.48. The second-order valence-corrected chi connectivity index (χ2v) is 5.91. The summed E-state index contributed by atoms with van der Waals surface area (Å²) in [5.74, 6) is 0. The molecule has 0 aliphatic carbocycles. The number of fused-ring (bicyclic) bond motifs is 1. The smallest absolute Gasteiger partial charge is 0.00103 e. The van der Waals surface area contributed by atoms with Gasteiger partial charge in [-0.25, -0.2) is 0 Å². The maximum Gasteiger partial charge on any atom is 0.00103 e. The van der Waals surface area contributed by atoms with Gasteiger partial charge in [0.2, 0.25) is 0 Å². The molecule has 0 fully saturated rings. The number of benzene rings is 2. The zero-order valence-electron chi connectivity index (χ0n) is 12.9. The first kappa shape index (κ1) is 15.1. The molecule has 0 unspecified atom stereocenters. The Morgan fingerprint density at radius 3 is 2.45 bits per heavy atom. The van der Waals surface area contributed by atoms with Crippen LogP contribution in [-0.4, -0.2) is 12.6 Å². The lowest BCUT2D eigenvalue weighted by atomic mass is 9.99. The number of nitrogens with one attached hydrogen (secondary N) is 1. The topological polar surface area (TPSA) is 12.0 Å². The zero-order valence-corrected chi connectivity index (χ0v) is 12.9. The highest BCUT2D eigenvalue weighted by Crippen LogP contribution is 2.20. The average molecular weight is 269 g/mol. The second-order valence-electron chi connectivity index (χ2n) is 5.91. The maximum absolute atomic E-state index is 3.48. The molecule has 0 aliphatic heterocycles. The zero-order chi connectivity index (χ0) is 14.2. The van der Waals surface area contributed by atoms with E-state index in [9.17, 15) is 0 Å². The fourth-order valence-electron chi connectivity index (χ4n) is 2.70. The Hall–Kier alpha value is -1.34. The van der Waals surface area contributed by atoms with E-state index >= 15 is 0 Å². The van der Waals surface area contributed by atoms with E-state index in [-0.39, 0.29) is 0 Å². The van der Waals surface area contributed by atoms with Crippen LogP contribution in [0.2, 0.25) is 0 Å². The van der Waals surface area contributed by atoms with Crippen molar-refractivity contribution < 1.29 is 0 Å².